The van der Waals surface area contributed by atoms with Crippen molar-refractivity contribution in [1.29, 1.82) is 0 Å². The van der Waals surface area contributed by atoms with Gasteiger partial charge in [0.1, 0.15) is 0 Å². The number of nitrogens with one attached hydrogen (secondary N) is 3. The first-order chi connectivity index (χ1) is 22.9. The van der Waals surface area contributed by atoms with Gasteiger partial charge in [0, 0.05) is 35.7 Å². The fourth-order valence-electron chi connectivity index (χ4n) is 5.60. The zero-order valence-corrected chi connectivity index (χ0v) is 28.1. The highest BCUT2D eigenvalue weighted by molar-refractivity contribution is 5.85. The number of nitrogens with two attached hydrogens (primary N) is 2. The van der Waals surface area contributed by atoms with Crippen LogP contribution in [0.5, 0.6) is 0 Å². The maximum absolute atomic E-state index is 6.23. The average Bonchev–Trinajstić information content (AvgIpc) is 3.11. The number of nitrogens with zero attached hydrogens (tertiary/aromatic N) is 1. The molecular weight excluding hydrogens is 592 g/mol. The van der Waals surface area contributed by atoms with E-state index in [1.54, 1.807) is 12.2 Å². The quantitative estimate of drug-likeness (QED) is 0.0740. The van der Waals surface area contributed by atoms with E-state index < -0.39 is 0 Å². The number of allylic oxidation sites excluding steroid dienone is 4. The van der Waals surface area contributed by atoms with Gasteiger partial charge in [-0.05, 0) is 80.1 Å². The standard InChI is InChI=1S/C35H41N5.C6H7N.H2O/c1-5-30(36)34(6-2)40(8-4)28-18-16-17-27(25-28)29-19-10-11-20-31(29)39-33-22-13-12-21-32(33)37-26-35(38-7-3)23-14-9-15-24-35;7-6-4-2-1-3-5-6;/h5-6,9-23,25,37-39H,1-2,7-8,24,26,36H2,3-4H3;1-5H,7H2;1H2/b34-30-;;. The Balaban J connectivity index is 0.000000693. The lowest BCUT2D eigenvalue weighted by atomic mass is 9.91. The molecule has 0 saturated carbocycles. The van der Waals surface area contributed by atoms with Crippen molar-refractivity contribution in [3.63, 3.8) is 0 Å². The Kier molecular flexibility index (Phi) is 14.3. The van der Waals surface area contributed by atoms with Gasteiger partial charge in [0.2, 0.25) is 0 Å². The normalized spacial score (nSPS) is 15.1. The molecule has 0 fully saturated rings. The molecule has 1 unspecified atom stereocenters. The fourth-order valence-corrected chi connectivity index (χ4v) is 5.60. The summed E-state index contributed by atoms with van der Waals surface area (Å²) in [5.74, 6) is 0. The number of nitrogen functional groups attached to an aromatic ring is 1. The van der Waals surface area contributed by atoms with Gasteiger partial charge < -0.3 is 37.8 Å². The smallest absolute Gasteiger partial charge is 0.0638 e. The molecule has 5 rings (SSSR count). The molecule has 7 heteroatoms. The maximum Gasteiger partial charge on any atom is 0.0638 e. The molecule has 1 aliphatic rings. The van der Waals surface area contributed by atoms with Crippen LogP contribution in [0.4, 0.5) is 28.4 Å². The Bertz CT molecular complexity index is 1710. The van der Waals surface area contributed by atoms with Crippen LogP contribution in [0.15, 0.2) is 164 Å². The second kappa shape index (κ2) is 18.6. The topological polar surface area (TPSA) is 123 Å². The summed E-state index contributed by atoms with van der Waals surface area (Å²) in [6, 6.07) is 34.8. The van der Waals surface area contributed by atoms with E-state index >= 15 is 0 Å². The van der Waals surface area contributed by atoms with Crippen LogP contribution in [-0.2, 0) is 0 Å². The highest BCUT2D eigenvalue weighted by Crippen LogP contribution is 2.35. The van der Waals surface area contributed by atoms with E-state index in [4.69, 9.17) is 11.5 Å². The van der Waals surface area contributed by atoms with Crippen LogP contribution in [0, 0.1) is 0 Å². The third-order valence-electron chi connectivity index (χ3n) is 7.98. The van der Waals surface area contributed by atoms with E-state index in [9.17, 15) is 0 Å². The number of benzene rings is 4. The summed E-state index contributed by atoms with van der Waals surface area (Å²) in [6.45, 7) is 14.5. The van der Waals surface area contributed by atoms with Gasteiger partial charge in [0.25, 0.3) is 0 Å². The molecule has 4 aromatic carbocycles. The van der Waals surface area contributed by atoms with Crippen LogP contribution < -0.4 is 32.3 Å². The van der Waals surface area contributed by atoms with Gasteiger partial charge in [0.15, 0.2) is 0 Å². The van der Waals surface area contributed by atoms with E-state index in [1.807, 2.05) is 30.3 Å². The Morgan fingerprint density at radius 1 is 0.833 bits per heavy atom. The van der Waals surface area contributed by atoms with Gasteiger partial charge in [-0.3, -0.25) is 0 Å². The number of para-hydroxylation sites is 4. The summed E-state index contributed by atoms with van der Waals surface area (Å²) in [6.07, 6.45) is 13.1. The molecule has 0 heterocycles. The number of hydrogen-bond donors (Lipinski definition) is 5. The molecule has 4 aromatic rings. The first kappa shape index (κ1) is 37.0. The second-order valence-electron chi connectivity index (χ2n) is 11.2. The lowest BCUT2D eigenvalue weighted by Crippen LogP contribution is -2.49. The van der Waals surface area contributed by atoms with Crippen molar-refractivity contribution < 1.29 is 5.48 Å². The van der Waals surface area contributed by atoms with Crippen molar-refractivity contribution in [3.05, 3.63) is 164 Å². The number of anilines is 5. The summed E-state index contributed by atoms with van der Waals surface area (Å²) in [7, 11) is 0. The summed E-state index contributed by atoms with van der Waals surface area (Å²) in [5, 5.41) is 11.1. The van der Waals surface area contributed by atoms with Crippen LogP contribution >= 0.6 is 0 Å². The van der Waals surface area contributed by atoms with Crippen LogP contribution in [-0.4, -0.2) is 30.6 Å². The van der Waals surface area contributed by atoms with Gasteiger partial charge in [0.05, 0.1) is 28.3 Å². The van der Waals surface area contributed by atoms with Crippen LogP contribution in [0.2, 0.25) is 0 Å². The molecule has 0 aromatic heterocycles. The minimum Gasteiger partial charge on any atom is -0.412 e. The highest BCUT2D eigenvalue weighted by Gasteiger charge is 2.26. The van der Waals surface area contributed by atoms with Crippen molar-refractivity contribution in [2.24, 2.45) is 5.73 Å². The van der Waals surface area contributed by atoms with Gasteiger partial charge in [-0.2, -0.15) is 0 Å². The molecule has 0 amide bonds. The van der Waals surface area contributed by atoms with Crippen molar-refractivity contribution in [2.45, 2.75) is 25.8 Å². The van der Waals surface area contributed by atoms with Crippen molar-refractivity contribution in [3.8, 4) is 11.1 Å². The van der Waals surface area contributed by atoms with E-state index in [1.165, 1.54) is 0 Å². The van der Waals surface area contributed by atoms with Crippen molar-refractivity contribution >= 4 is 28.4 Å². The Morgan fingerprint density at radius 3 is 2.12 bits per heavy atom. The minimum atomic E-state index is -0.103. The predicted molar refractivity (Wildman–Crippen MR) is 208 cm³/mol. The Labute approximate surface area is 286 Å². The summed E-state index contributed by atoms with van der Waals surface area (Å²) >= 11 is 0. The monoisotopic (exact) mass is 642 g/mol. The van der Waals surface area contributed by atoms with E-state index in [2.05, 4.69) is 145 Å². The lowest BCUT2D eigenvalue weighted by molar-refractivity contribution is 0.433. The number of hydrogen-bond acceptors (Lipinski definition) is 6. The first-order valence-corrected chi connectivity index (χ1v) is 16.1. The summed E-state index contributed by atoms with van der Waals surface area (Å²) in [4.78, 5) is 2.15. The van der Waals surface area contributed by atoms with Gasteiger partial charge >= 0.3 is 0 Å². The molecular formula is C41H50N6O. The summed E-state index contributed by atoms with van der Waals surface area (Å²) in [5.41, 5.74) is 20.1. The molecule has 0 spiro atoms. The SMILES string of the molecule is C=C/C(N)=C(\C=C)N(CC)c1cccc(-c2ccccc2Nc2ccccc2NCC2(NCC)C=CC=CC2)c1.Nc1ccccc1.O. The van der Waals surface area contributed by atoms with E-state index in [0.29, 0.717) is 5.70 Å². The van der Waals surface area contributed by atoms with Gasteiger partial charge in [-0.1, -0.05) is 105 Å². The lowest BCUT2D eigenvalue weighted by Gasteiger charge is -2.33. The molecule has 48 heavy (non-hydrogen) atoms. The highest BCUT2D eigenvalue weighted by atomic mass is 16.0. The molecule has 0 bridgehead atoms. The molecule has 0 radical (unpaired) electrons. The predicted octanol–water partition coefficient (Wildman–Crippen LogP) is 8.19. The van der Waals surface area contributed by atoms with E-state index in [0.717, 1.165) is 71.3 Å². The molecule has 250 valence electrons. The molecule has 0 saturated heterocycles. The Hall–Kier alpha value is -5.50. The molecule has 0 aliphatic heterocycles. The second-order valence-corrected chi connectivity index (χ2v) is 11.2. The number of rotatable bonds is 13. The minimum absolute atomic E-state index is 0. The molecule has 9 N–H and O–H groups in total. The zero-order chi connectivity index (χ0) is 33.5. The number of likely N-dealkylation sites (N-methyl/N-ethyl adjacent to an activating group) is 2. The maximum atomic E-state index is 6.23. The van der Waals surface area contributed by atoms with Crippen molar-refractivity contribution in [2.75, 3.05) is 40.9 Å². The van der Waals surface area contributed by atoms with Crippen LogP contribution in [0.3, 0.4) is 0 Å². The van der Waals surface area contributed by atoms with Crippen LogP contribution in [0.25, 0.3) is 11.1 Å². The van der Waals surface area contributed by atoms with E-state index in [-0.39, 0.29) is 11.0 Å². The van der Waals surface area contributed by atoms with Gasteiger partial charge in [-0.15, -0.1) is 0 Å². The third kappa shape index (κ3) is 9.75. The molecule has 7 nitrogen and oxygen atoms in total. The molecule has 1 aliphatic carbocycles. The largest absolute Gasteiger partial charge is 0.412 e. The van der Waals surface area contributed by atoms with Crippen LogP contribution in [0.1, 0.15) is 20.3 Å². The molecule has 1 atom stereocenters. The third-order valence-corrected chi connectivity index (χ3v) is 7.98. The summed E-state index contributed by atoms with van der Waals surface area (Å²) < 4.78 is 0. The van der Waals surface area contributed by atoms with Gasteiger partial charge in [-0.25, -0.2) is 0 Å². The zero-order valence-electron chi connectivity index (χ0n) is 28.1. The fraction of sp³-hybridized carbons (Fsp3) is 0.171. The van der Waals surface area contributed by atoms with Crippen molar-refractivity contribution in [1.82, 2.24) is 5.32 Å². The Morgan fingerprint density at radius 2 is 1.52 bits per heavy atom. The first-order valence-electron chi connectivity index (χ1n) is 16.1. The average molecular weight is 643 g/mol.